The zero-order chi connectivity index (χ0) is 11.9. The van der Waals surface area contributed by atoms with Crippen LogP contribution < -0.4 is 11.1 Å². The normalized spacial score (nSPS) is 21.8. The van der Waals surface area contributed by atoms with Crippen LogP contribution in [0.15, 0.2) is 0 Å². The second-order valence-corrected chi connectivity index (χ2v) is 5.04. The summed E-state index contributed by atoms with van der Waals surface area (Å²) in [5.74, 6) is -0.177. The number of nitrogens with one attached hydrogen (secondary N) is 2. The Hall–Kier alpha value is -1.52. The molecule has 16 heavy (non-hydrogen) atoms. The van der Waals surface area contributed by atoms with Crippen molar-refractivity contribution in [3.8, 4) is 0 Å². The second kappa shape index (κ2) is 3.50. The maximum Gasteiger partial charge on any atom is 0.274 e. The maximum atomic E-state index is 11.9. The van der Waals surface area contributed by atoms with E-state index in [1.165, 1.54) is 0 Å². The quantitative estimate of drug-likeness (QED) is 0.715. The molecule has 1 saturated carbocycles. The summed E-state index contributed by atoms with van der Waals surface area (Å²) < 4.78 is 0. The molecule has 5 nitrogen and oxygen atoms in total. The summed E-state index contributed by atoms with van der Waals surface area (Å²) in [5, 5.41) is 9.67. The highest BCUT2D eigenvalue weighted by Gasteiger charge is 2.46. The standard InChI is InChI=1S/C11H18N4O/c1-4-6-8(12)9(15-14-6)10(16)13-7-5-11(7,2)3/h7H,4-5,12H2,1-3H3,(H,13,16)(H,14,15). The summed E-state index contributed by atoms with van der Waals surface area (Å²) in [5.41, 5.74) is 7.65. The average molecular weight is 222 g/mol. The SMILES string of the molecule is CCc1[nH]nc(C(=O)NC2CC2(C)C)c1N. The fourth-order valence-electron chi connectivity index (χ4n) is 1.77. The third kappa shape index (κ3) is 1.77. The number of nitrogens with zero attached hydrogens (tertiary/aromatic N) is 1. The van der Waals surface area contributed by atoms with Gasteiger partial charge in [0.15, 0.2) is 5.69 Å². The van der Waals surface area contributed by atoms with Crippen LogP contribution in [0.1, 0.15) is 43.4 Å². The molecule has 0 spiro atoms. The molecule has 1 amide bonds. The number of hydrogen-bond acceptors (Lipinski definition) is 3. The molecule has 1 fully saturated rings. The third-order valence-corrected chi connectivity index (χ3v) is 3.27. The first-order valence-corrected chi connectivity index (χ1v) is 5.59. The number of aromatic amines is 1. The summed E-state index contributed by atoms with van der Waals surface area (Å²) >= 11 is 0. The van der Waals surface area contributed by atoms with Crippen molar-refractivity contribution in [2.45, 2.75) is 39.7 Å². The van der Waals surface area contributed by atoms with Crippen molar-refractivity contribution in [2.75, 3.05) is 5.73 Å². The van der Waals surface area contributed by atoms with Crippen LogP contribution >= 0.6 is 0 Å². The molecule has 0 aliphatic heterocycles. The highest BCUT2D eigenvalue weighted by molar-refractivity contribution is 5.98. The van der Waals surface area contributed by atoms with E-state index in [0.29, 0.717) is 11.4 Å². The molecule has 1 aromatic heterocycles. The Morgan fingerprint density at radius 2 is 2.31 bits per heavy atom. The monoisotopic (exact) mass is 222 g/mol. The third-order valence-electron chi connectivity index (χ3n) is 3.27. The van der Waals surface area contributed by atoms with E-state index in [9.17, 15) is 4.79 Å². The number of rotatable bonds is 3. The van der Waals surface area contributed by atoms with Gasteiger partial charge in [-0.05, 0) is 18.3 Å². The van der Waals surface area contributed by atoms with Crippen molar-refractivity contribution in [1.82, 2.24) is 15.5 Å². The van der Waals surface area contributed by atoms with E-state index in [4.69, 9.17) is 5.73 Å². The molecule has 1 aliphatic carbocycles. The van der Waals surface area contributed by atoms with E-state index in [-0.39, 0.29) is 17.4 Å². The van der Waals surface area contributed by atoms with Crippen LogP contribution in [0.3, 0.4) is 0 Å². The first-order valence-electron chi connectivity index (χ1n) is 5.59. The number of aryl methyl sites for hydroxylation is 1. The van der Waals surface area contributed by atoms with E-state index >= 15 is 0 Å². The molecular weight excluding hydrogens is 204 g/mol. The number of anilines is 1. The Morgan fingerprint density at radius 3 is 2.75 bits per heavy atom. The van der Waals surface area contributed by atoms with E-state index in [1.807, 2.05) is 6.92 Å². The Morgan fingerprint density at radius 1 is 1.69 bits per heavy atom. The molecule has 2 rings (SSSR count). The van der Waals surface area contributed by atoms with Gasteiger partial charge in [-0.1, -0.05) is 20.8 Å². The summed E-state index contributed by atoms with van der Waals surface area (Å²) in [6, 6.07) is 0.251. The number of H-pyrrole nitrogens is 1. The fraction of sp³-hybridized carbons (Fsp3) is 0.636. The number of aromatic nitrogens is 2. The topological polar surface area (TPSA) is 83.8 Å². The first-order chi connectivity index (χ1) is 7.45. The number of nitrogens with two attached hydrogens (primary N) is 1. The molecule has 0 radical (unpaired) electrons. The van der Waals surface area contributed by atoms with Gasteiger partial charge in [-0.15, -0.1) is 0 Å². The molecule has 0 bridgehead atoms. The predicted octanol–water partition coefficient (Wildman–Crippen LogP) is 1.08. The summed E-state index contributed by atoms with van der Waals surface area (Å²) in [4.78, 5) is 11.9. The molecule has 88 valence electrons. The van der Waals surface area contributed by atoms with Crippen molar-refractivity contribution < 1.29 is 4.79 Å². The maximum absolute atomic E-state index is 11.9. The summed E-state index contributed by atoms with van der Waals surface area (Å²) in [6.45, 7) is 6.22. The summed E-state index contributed by atoms with van der Waals surface area (Å²) in [6.07, 6.45) is 1.77. The molecule has 0 saturated heterocycles. The van der Waals surface area contributed by atoms with Crippen molar-refractivity contribution in [2.24, 2.45) is 5.41 Å². The number of amides is 1. The van der Waals surface area contributed by atoms with E-state index in [1.54, 1.807) is 0 Å². The lowest BCUT2D eigenvalue weighted by molar-refractivity contribution is 0.0942. The van der Waals surface area contributed by atoms with Crippen LogP contribution in [-0.4, -0.2) is 22.1 Å². The Balaban J connectivity index is 2.07. The van der Waals surface area contributed by atoms with Gasteiger partial charge in [-0.3, -0.25) is 9.89 Å². The average Bonchev–Trinajstić information content (AvgIpc) is 2.65. The van der Waals surface area contributed by atoms with Crippen LogP contribution in [0, 0.1) is 5.41 Å². The minimum atomic E-state index is -0.177. The molecule has 1 heterocycles. The van der Waals surface area contributed by atoms with Gasteiger partial charge in [-0.2, -0.15) is 5.10 Å². The van der Waals surface area contributed by atoms with E-state index in [2.05, 4.69) is 29.4 Å². The van der Waals surface area contributed by atoms with E-state index < -0.39 is 0 Å². The van der Waals surface area contributed by atoms with Gasteiger partial charge in [-0.25, -0.2) is 0 Å². The lowest BCUT2D eigenvalue weighted by Gasteiger charge is -2.05. The highest BCUT2D eigenvalue weighted by Crippen LogP contribution is 2.44. The highest BCUT2D eigenvalue weighted by atomic mass is 16.2. The Labute approximate surface area is 94.8 Å². The zero-order valence-electron chi connectivity index (χ0n) is 9.92. The second-order valence-electron chi connectivity index (χ2n) is 5.04. The van der Waals surface area contributed by atoms with Gasteiger partial charge in [0, 0.05) is 6.04 Å². The number of hydrogen-bond donors (Lipinski definition) is 3. The molecule has 5 heteroatoms. The van der Waals surface area contributed by atoms with Gasteiger partial charge in [0.25, 0.3) is 5.91 Å². The van der Waals surface area contributed by atoms with Crippen LogP contribution in [0.2, 0.25) is 0 Å². The lowest BCUT2D eigenvalue weighted by Crippen LogP contribution is -2.29. The van der Waals surface area contributed by atoms with Crippen LogP contribution in [-0.2, 0) is 6.42 Å². The Kier molecular flexibility index (Phi) is 2.40. The molecule has 0 aromatic carbocycles. The summed E-state index contributed by atoms with van der Waals surface area (Å²) in [7, 11) is 0. The minimum Gasteiger partial charge on any atom is -0.395 e. The predicted molar refractivity (Wildman–Crippen MR) is 62.0 cm³/mol. The first kappa shape index (κ1) is 11.0. The van der Waals surface area contributed by atoms with Crippen LogP contribution in [0.5, 0.6) is 0 Å². The van der Waals surface area contributed by atoms with Crippen molar-refractivity contribution in [3.05, 3.63) is 11.4 Å². The molecular formula is C11H18N4O. The fourth-order valence-corrected chi connectivity index (χ4v) is 1.77. The van der Waals surface area contributed by atoms with Crippen molar-refractivity contribution in [3.63, 3.8) is 0 Å². The van der Waals surface area contributed by atoms with Crippen LogP contribution in [0.25, 0.3) is 0 Å². The number of carbonyl (C=O) groups is 1. The molecule has 4 N–H and O–H groups in total. The van der Waals surface area contributed by atoms with Gasteiger partial charge in [0.05, 0.1) is 11.4 Å². The number of nitrogen functional groups attached to an aromatic ring is 1. The van der Waals surface area contributed by atoms with Crippen molar-refractivity contribution in [1.29, 1.82) is 0 Å². The van der Waals surface area contributed by atoms with Gasteiger partial charge < -0.3 is 11.1 Å². The molecule has 1 atom stereocenters. The molecule has 1 aliphatic rings. The van der Waals surface area contributed by atoms with Gasteiger partial charge in [0.2, 0.25) is 0 Å². The van der Waals surface area contributed by atoms with Crippen LogP contribution in [0.4, 0.5) is 5.69 Å². The van der Waals surface area contributed by atoms with Gasteiger partial charge in [0.1, 0.15) is 0 Å². The zero-order valence-corrected chi connectivity index (χ0v) is 9.92. The Bertz CT molecular complexity index is 422. The minimum absolute atomic E-state index is 0.177. The van der Waals surface area contributed by atoms with E-state index in [0.717, 1.165) is 18.5 Å². The largest absolute Gasteiger partial charge is 0.395 e. The molecule has 1 unspecified atom stereocenters. The van der Waals surface area contributed by atoms with Crippen molar-refractivity contribution >= 4 is 11.6 Å². The van der Waals surface area contributed by atoms with Gasteiger partial charge >= 0.3 is 0 Å². The number of carbonyl (C=O) groups excluding carboxylic acids is 1. The lowest BCUT2D eigenvalue weighted by atomic mass is 10.2. The smallest absolute Gasteiger partial charge is 0.274 e. The molecule has 1 aromatic rings.